The molecule has 5 heteroatoms. The maximum absolute atomic E-state index is 12.5. The summed E-state index contributed by atoms with van der Waals surface area (Å²) in [6, 6.07) is 19.6. The Morgan fingerprint density at radius 3 is 1.92 bits per heavy atom. The molecule has 0 saturated carbocycles. The zero-order valence-electron chi connectivity index (χ0n) is 15.3. The van der Waals surface area contributed by atoms with E-state index in [1.54, 1.807) is 0 Å². The fourth-order valence-corrected chi connectivity index (χ4v) is 2.91. The molecule has 26 heavy (non-hydrogen) atoms. The third-order valence-electron chi connectivity index (χ3n) is 4.35. The number of hydrogen-bond acceptors (Lipinski definition) is 3. The second kappa shape index (κ2) is 7.78. The summed E-state index contributed by atoms with van der Waals surface area (Å²) >= 11 is 0. The molecule has 2 aromatic carbocycles. The Kier molecular flexibility index (Phi) is 5.27. The Labute approximate surface area is 154 Å². The zero-order chi connectivity index (χ0) is 18.5. The molecule has 0 aliphatic carbocycles. The molecule has 3 aromatic rings. The van der Waals surface area contributed by atoms with Crippen LogP contribution in [0.1, 0.15) is 23.1 Å². The molecule has 0 unspecified atom stereocenters. The van der Waals surface area contributed by atoms with Crippen LogP contribution >= 0.6 is 0 Å². The topological polar surface area (TPSA) is 58.1 Å². The van der Waals surface area contributed by atoms with Gasteiger partial charge in [0.15, 0.2) is 0 Å². The maximum Gasteiger partial charge on any atom is 0.272 e. The molecule has 0 radical (unpaired) electrons. The van der Waals surface area contributed by atoms with Crippen LogP contribution in [0.2, 0.25) is 0 Å². The number of rotatable bonds is 6. The molecule has 5 nitrogen and oxygen atoms in total. The Hall–Kier alpha value is -3.21. The van der Waals surface area contributed by atoms with Crippen molar-refractivity contribution in [3.8, 4) is 0 Å². The lowest BCUT2D eigenvalue weighted by Crippen LogP contribution is -2.17. The maximum atomic E-state index is 12.5. The second-order valence-corrected chi connectivity index (χ2v) is 6.09. The summed E-state index contributed by atoms with van der Waals surface area (Å²) in [4.78, 5) is 12.5. The first-order valence-corrected chi connectivity index (χ1v) is 8.73. The van der Waals surface area contributed by atoms with Crippen molar-refractivity contribution in [3.05, 3.63) is 72.1 Å². The van der Waals surface area contributed by atoms with Gasteiger partial charge in [-0.05, 0) is 74.5 Å². The van der Waals surface area contributed by atoms with E-state index in [0.717, 1.165) is 35.0 Å². The van der Waals surface area contributed by atoms with Gasteiger partial charge in [0, 0.05) is 42.0 Å². The Morgan fingerprint density at radius 1 is 0.846 bits per heavy atom. The van der Waals surface area contributed by atoms with Crippen molar-refractivity contribution in [2.75, 3.05) is 23.0 Å². The molecule has 0 bridgehead atoms. The van der Waals surface area contributed by atoms with Crippen LogP contribution in [-0.4, -0.2) is 17.5 Å². The van der Waals surface area contributed by atoms with Gasteiger partial charge in [-0.15, -0.1) is 0 Å². The molecular formula is C21H24N4O. The van der Waals surface area contributed by atoms with E-state index in [1.807, 2.05) is 86.1 Å². The van der Waals surface area contributed by atoms with Crippen molar-refractivity contribution in [1.82, 2.24) is 4.57 Å². The van der Waals surface area contributed by atoms with E-state index < -0.39 is 0 Å². The molecule has 3 rings (SSSR count). The van der Waals surface area contributed by atoms with E-state index in [4.69, 9.17) is 0 Å². The SMILES string of the molecule is CCn1c(C)ccc1C(=O)Nc1ccc(Nc2ccc(NC)cc2)cc1. The van der Waals surface area contributed by atoms with Gasteiger partial charge in [-0.3, -0.25) is 4.79 Å². The zero-order valence-corrected chi connectivity index (χ0v) is 15.3. The van der Waals surface area contributed by atoms with Crippen molar-refractivity contribution < 1.29 is 4.79 Å². The fourth-order valence-electron chi connectivity index (χ4n) is 2.91. The number of aryl methyl sites for hydroxylation is 1. The first-order valence-electron chi connectivity index (χ1n) is 8.73. The molecule has 3 N–H and O–H groups in total. The highest BCUT2D eigenvalue weighted by Crippen LogP contribution is 2.21. The minimum atomic E-state index is -0.0942. The van der Waals surface area contributed by atoms with E-state index in [9.17, 15) is 4.79 Å². The van der Waals surface area contributed by atoms with E-state index in [-0.39, 0.29) is 5.91 Å². The minimum absolute atomic E-state index is 0.0942. The van der Waals surface area contributed by atoms with Crippen molar-refractivity contribution in [1.29, 1.82) is 0 Å². The van der Waals surface area contributed by atoms with Crippen LogP contribution in [0.5, 0.6) is 0 Å². The number of nitrogens with zero attached hydrogens (tertiary/aromatic N) is 1. The molecule has 134 valence electrons. The highest BCUT2D eigenvalue weighted by atomic mass is 16.1. The van der Waals surface area contributed by atoms with Crippen molar-refractivity contribution in [3.63, 3.8) is 0 Å². The van der Waals surface area contributed by atoms with E-state index in [1.165, 1.54) is 0 Å². The lowest BCUT2D eigenvalue weighted by Gasteiger charge is -2.11. The predicted octanol–water partition coefficient (Wildman–Crippen LogP) is 4.85. The Morgan fingerprint density at radius 2 is 1.38 bits per heavy atom. The smallest absolute Gasteiger partial charge is 0.272 e. The summed E-state index contributed by atoms with van der Waals surface area (Å²) in [6.07, 6.45) is 0. The lowest BCUT2D eigenvalue weighted by atomic mass is 10.2. The summed E-state index contributed by atoms with van der Waals surface area (Å²) in [5.41, 5.74) is 5.58. The number of nitrogens with one attached hydrogen (secondary N) is 3. The summed E-state index contributed by atoms with van der Waals surface area (Å²) in [6.45, 7) is 4.81. The Bertz CT molecular complexity index is 879. The van der Waals surface area contributed by atoms with Gasteiger partial charge in [-0.1, -0.05) is 0 Å². The quantitative estimate of drug-likeness (QED) is 0.596. The van der Waals surface area contributed by atoms with Gasteiger partial charge < -0.3 is 20.5 Å². The number of amides is 1. The van der Waals surface area contributed by atoms with Crippen molar-refractivity contribution >= 4 is 28.7 Å². The van der Waals surface area contributed by atoms with Crippen LogP contribution in [0.25, 0.3) is 0 Å². The monoisotopic (exact) mass is 348 g/mol. The average Bonchev–Trinajstić information content (AvgIpc) is 3.04. The fraction of sp³-hybridized carbons (Fsp3) is 0.190. The summed E-state index contributed by atoms with van der Waals surface area (Å²) in [5, 5.41) is 9.40. The van der Waals surface area contributed by atoms with Gasteiger partial charge in [0.2, 0.25) is 0 Å². The van der Waals surface area contributed by atoms with Gasteiger partial charge in [0.05, 0.1) is 0 Å². The van der Waals surface area contributed by atoms with Crippen LogP contribution in [0.3, 0.4) is 0 Å². The average molecular weight is 348 g/mol. The standard InChI is InChI=1S/C21H24N4O/c1-4-25-15(2)5-14-20(25)21(26)24-19-12-10-18(11-13-19)23-17-8-6-16(22-3)7-9-17/h5-14,22-23H,4H2,1-3H3,(H,24,26). The summed E-state index contributed by atoms with van der Waals surface area (Å²) in [5.74, 6) is -0.0942. The van der Waals surface area contributed by atoms with Crippen LogP contribution in [0.15, 0.2) is 60.7 Å². The molecular weight excluding hydrogens is 324 g/mol. The summed E-state index contributed by atoms with van der Waals surface area (Å²) < 4.78 is 2.00. The van der Waals surface area contributed by atoms with Gasteiger partial charge in [-0.25, -0.2) is 0 Å². The molecule has 1 amide bonds. The molecule has 0 spiro atoms. The third kappa shape index (κ3) is 3.88. The van der Waals surface area contributed by atoms with Crippen molar-refractivity contribution in [2.45, 2.75) is 20.4 Å². The second-order valence-electron chi connectivity index (χ2n) is 6.09. The van der Waals surface area contributed by atoms with E-state index in [2.05, 4.69) is 16.0 Å². The number of hydrogen-bond donors (Lipinski definition) is 3. The number of anilines is 4. The highest BCUT2D eigenvalue weighted by Gasteiger charge is 2.12. The number of aromatic nitrogens is 1. The lowest BCUT2D eigenvalue weighted by molar-refractivity contribution is 0.101. The van der Waals surface area contributed by atoms with Gasteiger partial charge in [0.1, 0.15) is 5.69 Å². The number of carbonyl (C=O) groups is 1. The predicted molar refractivity (Wildman–Crippen MR) is 109 cm³/mol. The summed E-state index contributed by atoms with van der Waals surface area (Å²) in [7, 11) is 1.90. The highest BCUT2D eigenvalue weighted by molar-refractivity contribution is 6.03. The molecule has 0 atom stereocenters. The minimum Gasteiger partial charge on any atom is -0.388 e. The van der Waals surface area contributed by atoms with Crippen LogP contribution in [0, 0.1) is 6.92 Å². The van der Waals surface area contributed by atoms with E-state index in [0.29, 0.717) is 5.69 Å². The van der Waals surface area contributed by atoms with Gasteiger partial charge in [-0.2, -0.15) is 0 Å². The van der Waals surface area contributed by atoms with Crippen LogP contribution in [0.4, 0.5) is 22.7 Å². The normalized spacial score (nSPS) is 10.4. The molecule has 1 heterocycles. The largest absolute Gasteiger partial charge is 0.388 e. The van der Waals surface area contributed by atoms with Crippen LogP contribution < -0.4 is 16.0 Å². The molecule has 0 saturated heterocycles. The number of carbonyl (C=O) groups excluding carboxylic acids is 1. The first-order chi connectivity index (χ1) is 12.6. The molecule has 0 aliphatic heterocycles. The van der Waals surface area contributed by atoms with Gasteiger partial charge in [0.25, 0.3) is 5.91 Å². The molecule has 1 aromatic heterocycles. The molecule has 0 aliphatic rings. The van der Waals surface area contributed by atoms with Gasteiger partial charge >= 0.3 is 0 Å². The third-order valence-corrected chi connectivity index (χ3v) is 4.35. The van der Waals surface area contributed by atoms with Crippen molar-refractivity contribution in [2.24, 2.45) is 0 Å². The first kappa shape index (κ1) is 17.6. The Balaban J connectivity index is 1.66. The molecule has 0 fully saturated rings. The van der Waals surface area contributed by atoms with Crippen LogP contribution in [-0.2, 0) is 6.54 Å². The number of benzene rings is 2. The van der Waals surface area contributed by atoms with E-state index >= 15 is 0 Å².